The lowest BCUT2D eigenvalue weighted by atomic mass is 9.86. The molecule has 0 unspecified atom stereocenters. The van der Waals surface area contributed by atoms with Gasteiger partial charge in [0, 0.05) is 0 Å². The highest BCUT2D eigenvalue weighted by Gasteiger charge is 2.57. The smallest absolute Gasteiger partial charge is 0.346 e. The van der Waals surface area contributed by atoms with Crippen molar-refractivity contribution >= 4 is 5.97 Å². The third-order valence-corrected chi connectivity index (χ3v) is 3.60. The molecule has 102 valence electrons. The summed E-state index contributed by atoms with van der Waals surface area (Å²) in [5.41, 5.74) is -1.04. The molecule has 1 fully saturated rings. The van der Waals surface area contributed by atoms with E-state index >= 15 is 0 Å². The number of benzene rings is 2. The van der Waals surface area contributed by atoms with E-state index in [4.69, 9.17) is 4.74 Å². The quantitative estimate of drug-likeness (QED) is 0.812. The molecular formula is C16H14O4. The largest absolute Gasteiger partial charge is 0.452 e. The first-order valence-electron chi connectivity index (χ1n) is 6.36. The van der Waals surface area contributed by atoms with Crippen LogP contribution in [-0.4, -0.2) is 22.3 Å². The molecule has 1 aliphatic rings. The Kier molecular flexibility index (Phi) is 3.04. The van der Waals surface area contributed by atoms with Crippen LogP contribution in [0.25, 0.3) is 0 Å². The van der Waals surface area contributed by atoms with Gasteiger partial charge in [-0.1, -0.05) is 60.7 Å². The van der Waals surface area contributed by atoms with Gasteiger partial charge in [0.1, 0.15) is 6.10 Å². The molecule has 4 heteroatoms. The summed E-state index contributed by atoms with van der Waals surface area (Å²) in [6, 6.07) is 17.3. The van der Waals surface area contributed by atoms with Gasteiger partial charge in [0.15, 0.2) is 6.10 Å². The maximum absolute atomic E-state index is 12.1. The zero-order chi connectivity index (χ0) is 14.2. The highest BCUT2D eigenvalue weighted by atomic mass is 16.6. The number of carbonyl (C=O) groups excluding carboxylic acids is 1. The number of carbonyl (C=O) groups is 1. The van der Waals surface area contributed by atoms with Crippen molar-refractivity contribution in [3.63, 3.8) is 0 Å². The first kappa shape index (κ1) is 12.8. The molecule has 1 aliphatic heterocycles. The number of rotatable bonds is 2. The minimum atomic E-state index is -2.03. The maximum atomic E-state index is 12.1. The summed E-state index contributed by atoms with van der Waals surface area (Å²) in [5.74, 6) is -0.829. The lowest BCUT2D eigenvalue weighted by Gasteiger charge is -2.23. The average molecular weight is 270 g/mol. The van der Waals surface area contributed by atoms with E-state index in [1.54, 1.807) is 54.6 Å². The molecule has 0 saturated carbocycles. The zero-order valence-corrected chi connectivity index (χ0v) is 10.6. The average Bonchev–Trinajstić information content (AvgIpc) is 2.74. The SMILES string of the molecule is O=C1O[C@H](c2ccccc2)[C@H](O)[C@]1(O)c1ccccc1. The fourth-order valence-corrected chi connectivity index (χ4v) is 2.48. The molecule has 2 aromatic rings. The first-order chi connectivity index (χ1) is 9.64. The molecule has 4 nitrogen and oxygen atoms in total. The van der Waals surface area contributed by atoms with E-state index in [0.29, 0.717) is 11.1 Å². The molecule has 3 rings (SSSR count). The van der Waals surface area contributed by atoms with E-state index in [0.717, 1.165) is 0 Å². The second-order valence-electron chi connectivity index (χ2n) is 4.81. The van der Waals surface area contributed by atoms with E-state index < -0.39 is 23.8 Å². The second-order valence-corrected chi connectivity index (χ2v) is 4.81. The number of aliphatic hydroxyl groups is 2. The van der Waals surface area contributed by atoms with Crippen LogP contribution in [0, 0.1) is 0 Å². The standard InChI is InChI=1S/C16H14O4/c17-14-13(11-7-3-1-4-8-11)20-15(18)16(14,19)12-9-5-2-6-10-12/h1-10,13-14,17,19H/t13-,14+,16-/m1/s1. The molecule has 0 bridgehead atoms. The van der Waals surface area contributed by atoms with Crippen LogP contribution < -0.4 is 0 Å². The van der Waals surface area contributed by atoms with Crippen molar-refractivity contribution in [3.8, 4) is 0 Å². The van der Waals surface area contributed by atoms with Crippen molar-refractivity contribution in [2.45, 2.75) is 17.8 Å². The molecule has 0 radical (unpaired) electrons. The van der Waals surface area contributed by atoms with Gasteiger partial charge in [-0.2, -0.15) is 0 Å². The Balaban J connectivity index is 2.01. The summed E-state index contributed by atoms with van der Waals surface area (Å²) in [4.78, 5) is 12.1. The third-order valence-electron chi connectivity index (χ3n) is 3.60. The predicted octanol–water partition coefficient (Wildman–Crippen LogP) is 1.53. The van der Waals surface area contributed by atoms with Crippen molar-refractivity contribution in [1.29, 1.82) is 0 Å². The van der Waals surface area contributed by atoms with Crippen LogP contribution in [0.15, 0.2) is 60.7 Å². The van der Waals surface area contributed by atoms with Crippen molar-refractivity contribution in [3.05, 3.63) is 71.8 Å². The molecule has 0 aromatic heterocycles. The summed E-state index contributed by atoms with van der Waals surface area (Å²) < 4.78 is 5.19. The Morgan fingerprint density at radius 1 is 0.950 bits per heavy atom. The first-order valence-corrected chi connectivity index (χ1v) is 6.36. The molecule has 2 N–H and O–H groups in total. The highest BCUT2D eigenvalue weighted by Crippen LogP contribution is 2.42. The molecule has 0 aliphatic carbocycles. The van der Waals surface area contributed by atoms with Crippen LogP contribution in [0.5, 0.6) is 0 Å². The lowest BCUT2D eigenvalue weighted by molar-refractivity contribution is -0.157. The normalized spacial score (nSPS) is 29.2. The molecule has 2 aromatic carbocycles. The molecule has 1 saturated heterocycles. The third kappa shape index (κ3) is 1.81. The Bertz CT molecular complexity index is 611. The molecule has 0 amide bonds. The van der Waals surface area contributed by atoms with E-state index in [2.05, 4.69) is 0 Å². The number of ether oxygens (including phenoxy) is 1. The summed E-state index contributed by atoms with van der Waals surface area (Å²) in [6.07, 6.45) is -2.21. The van der Waals surface area contributed by atoms with Crippen LogP contribution in [-0.2, 0) is 15.1 Å². The van der Waals surface area contributed by atoms with Crippen LogP contribution in [0.4, 0.5) is 0 Å². The van der Waals surface area contributed by atoms with Gasteiger partial charge in [-0.25, -0.2) is 4.79 Å². The van der Waals surface area contributed by atoms with Gasteiger partial charge in [-0.3, -0.25) is 0 Å². The molecular weight excluding hydrogens is 256 g/mol. The maximum Gasteiger partial charge on any atom is 0.346 e. The predicted molar refractivity (Wildman–Crippen MR) is 71.6 cm³/mol. The van der Waals surface area contributed by atoms with Crippen LogP contribution in [0.1, 0.15) is 17.2 Å². The Morgan fingerprint density at radius 2 is 1.50 bits per heavy atom. The fourth-order valence-electron chi connectivity index (χ4n) is 2.48. The number of hydrogen-bond acceptors (Lipinski definition) is 4. The molecule has 20 heavy (non-hydrogen) atoms. The van der Waals surface area contributed by atoms with Gasteiger partial charge in [-0.15, -0.1) is 0 Å². The minimum Gasteiger partial charge on any atom is -0.452 e. The molecule has 0 spiro atoms. The number of aliphatic hydroxyl groups excluding tert-OH is 1. The summed E-state index contributed by atoms with van der Waals surface area (Å²) in [6.45, 7) is 0. The van der Waals surface area contributed by atoms with E-state index in [9.17, 15) is 15.0 Å². The minimum absolute atomic E-state index is 0.330. The summed E-state index contributed by atoms with van der Waals surface area (Å²) >= 11 is 0. The van der Waals surface area contributed by atoms with Crippen LogP contribution in [0.3, 0.4) is 0 Å². The highest BCUT2D eigenvalue weighted by molar-refractivity contribution is 5.84. The molecule has 1 heterocycles. The van der Waals surface area contributed by atoms with E-state index in [1.165, 1.54) is 0 Å². The van der Waals surface area contributed by atoms with Gasteiger partial charge < -0.3 is 14.9 Å². The number of esters is 1. The van der Waals surface area contributed by atoms with E-state index in [1.807, 2.05) is 6.07 Å². The summed E-state index contributed by atoms with van der Waals surface area (Å²) in [7, 11) is 0. The Hall–Kier alpha value is -2.17. The van der Waals surface area contributed by atoms with Crippen molar-refractivity contribution in [2.75, 3.05) is 0 Å². The summed E-state index contributed by atoms with van der Waals surface area (Å²) in [5, 5.41) is 21.0. The Morgan fingerprint density at radius 3 is 2.10 bits per heavy atom. The zero-order valence-electron chi connectivity index (χ0n) is 10.6. The van der Waals surface area contributed by atoms with Crippen molar-refractivity contribution in [2.24, 2.45) is 0 Å². The van der Waals surface area contributed by atoms with Crippen molar-refractivity contribution in [1.82, 2.24) is 0 Å². The fraction of sp³-hybridized carbons (Fsp3) is 0.188. The van der Waals surface area contributed by atoms with E-state index in [-0.39, 0.29) is 0 Å². The van der Waals surface area contributed by atoms with Crippen molar-refractivity contribution < 1.29 is 19.7 Å². The van der Waals surface area contributed by atoms with Crippen LogP contribution in [0.2, 0.25) is 0 Å². The number of cyclic esters (lactones) is 1. The van der Waals surface area contributed by atoms with Gasteiger partial charge in [0.05, 0.1) is 0 Å². The topological polar surface area (TPSA) is 66.8 Å². The second kappa shape index (κ2) is 4.74. The van der Waals surface area contributed by atoms with Gasteiger partial charge >= 0.3 is 5.97 Å². The lowest BCUT2D eigenvalue weighted by Crippen LogP contribution is -2.41. The van der Waals surface area contributed by atoms with Gasteiger partial charge in [0.25, 0.3) is 0 Å². The van der Waals surface area contributed by atoms with Gasteiger partial charge in [0.2, 0.25) is 5.60 Å². The molecule has 3 atom stereocenters. The number of hydrogen-bond donors (Lipinski definition) is 2. The van der Waals surface area contributed by atoms with Crippen LogP contribution >= 0.6 is 0 Å². The monoisotopic (exact) mass is 270 g/mol. The van der Waals surface area contributed by atoms with Gasteiger partial charge in [-0.05, 0) is 11.1 Å². The Labute approximate surface area is 116 Å².